The van der Waals surface area contributed by atoms with Crippen molar-refractivity contribution in [3.63, 3.8) is 0 Å². The molecule has 8 nitrogen and oxygen atoms in total. The van der Waals surface area contributed by atoms with E-state index in [9.17, 15) is 9.59 Å². The Kier molecular flexibility index (Phi) is 6.93. The molecular formula is C29H41FN6O2. The van der Waals surface area contributed by atoms with Crippen LogP contribution < -0.4 is 15.5 Å². The molecular weight excluding hydrogens is 483 g/mol. The average molecular weight is 525 g/mol. The van der Waals surface area contributed by atoms with E-state index in [1.165, 1.54) is 57.9 Å². The van der Waals surface area contributed by atoms with Gasteiger partial charge >= 0.3 is 0 Å². The van der Waals surface area contributed by atoms with E-state index in [0.29, 0.717) is 40.4 Å². The Labute approximate surface area is 224 Å². The van der Waals surface area contributed by atoms with Gasteiger partial charge in [-0.2, -0.15) is 5.10 Å². The van der Waals surface area contributed by atoms with E-state index < -0.39 is 5.92 Å². The second-order valence-electron chi connectivity index (χ2n) is 12.4. The molecule has 4 aliphatic rings. The van der Waals surface area contributed by atoms with E-state index in [1.54, 1.807) is 4.68 Å². The fourth-order valence-electron chi connectivity index (χ4n) is 7.43. The molecule has 1 aromatic heterocycles. The number of nitrogens with zero attached hydrogens (tertiary/aromatic N) is 4. The summed E-state index contributed by atoms with van der Waals surface area (Å²) in [5.74, 6) is -0.287. The highest BCUT2D eigenvalue weighted by molar-refractivity contribution is 6.02. The summed E-state index contributed by atoms with van der Waals surface area (Å²) in [5.41, 5.74) is 2.57. The van der Waals surface area contributed by atoms with E-state index >= 15 is 4.39 Å². The first-order valence-electron chi connectivity index (χ1n) is 14.5. The molecule has 0 aliphatic carbocycles. The van der Waals surface area contributed by atoms with Crippen LogP contribution in [0.3, 0.4) is 0 Å². The van der Waals surface area contributed by atoms with Crippen LogP contribution in [0.15, 0.2) is 12.1 Å². The molecule has 9 heteroatoms. The summed E-state index contributed by atoms with van der Waals surface area (Å²) >= 11 is 0. The molecule has 1 unspecified atom stereocenters. The zero-order valence-corrected chi connectivity index (χ0v) is 22.8. The number of rotatable bonds is 4. The lowest BCUT2D eigenvalue weighted by molar-refractivity contribution is -0.134. The molecule has 1 spiro atoms. The Morgan fingerprint density at radius 2 is 1.84 bits per heavy atom. The molecule has 206 valence electrons. The molecule has 4 aliphatic heterocycles. The summed E-state index contributed by atoms with van der Waals surface area (Å²) in [6, 6.07) is 3.43. The van der Waals surface area contributed by atoms with Crippen LogP contribution in [0.4, 0.5) is 10.1 Å². The molecule has 0 bridgehead atoms. The number of anilines is 1. The number of piperidine rings is 4. The standard InChI is InChI=1S/C29H41FN6O2/c1-19-17-36(12-5-20(19)18-35-13-8-29(9-14-35)6-10-31-11-7-29)25-16-24-22(15-23(25)30)27(33-34(24)2)21-3-4-26(37)32-28(21)38/h15-16,19-21,31H,3-14,17-18H2,1-2H3,(H,32,37,38)/t19-,20+,21?/m0/s1. The molecule has 4 fully saturated rings. The Morgan fingerprint density at radius 1 is 1.08 bits per heavy atom. The molecule has 38 heavy (non-hydrogen) atoms. The fraction of sp³-hybridized carbons (Fsp3) is 0.690. The average Bonchev–Trinajstić information content (AvgIpc) is 3.21. The molecule has 1 aromatic carbocycles. The lowest BCUT2D eigenvalue weighted by atomic mass is 9.71. The Balaban J connectivity index is 1.12. The minimum Gasteiger partial charge on any atom is -0.369 e. The van der Waals surface area contributed by atoms with Gasteiger partial charge in [0.2, 0.25) is 11.8 Å². The second-order valence-corrected chi connectivity index (χ2v) is 12.4. The van der Waals surface area contributed by atoms with Gasteiger partial charge in [-0.15, -0.1) is 0 Å². The number of likely N-dealkylation sites (tertiary alicyclic amines) is 1. The van der Waals surface area contributed by atoms with Crippen LogP contribution in [0.5, 0.6) is 0 Å². The zero-order valence-electron chi connectivity index (χ0n) is 22.8. The largest absolute Gasteiger partial charge is 0.369 e. The van der Waals surface area contributed by atoms with Gasteiger partial charge in [0, 0.05) is 38.5 Å². The summed E-state index contributed by atoms with van der Waals surface area (Å²) in [6.45, 7) is 9.94. The molecule has 2 N–H and O–H groups in total. The van der Waals surface area contributed by atoms with Gasteiger partial charge in [0.25, 0.3) is 0 Å². The highest BCUT2D eigenvalue weighted by atomic mass is 19.1. The van der Waals surface area contributed by atoms with Crippen molar-refractivity contribution < 1.29 is 14.0 Å². The van der Waals surface area contributed by atoms with E-state index in [0.717, 1.165) is 31.6 Å². The summed E-state index contributed by atoms with van der Waals surface area (Å²) in [4.78, 5) is 28.9. The zero-order chi connectivity index (χ0) is 26.4. The third-order valence-electron chi connectivity index (χ3n) is 10.0. The van der Waals surface area contributed by atoms with Gasteiger partial charge in [0.05, 0.1) is 22.8 Å². The van der Waals surface area contributed by atoms with Crippen molar-refractivity contribution >= 4 is 28.4 Å². The molecule has 2 amide bonds. The summed E-state index contributed by atoms with van der Waals surface area (Å²) in [7, 11) is 1.83. The van der Waals surface area contributed by atoms with Crippen molar-refractivity contribution in [3.05, 3.63) is 23.6 Å². The predicted octanol–water partition coefficient (Wildman–Crippen LogP) is 3.16. The van der Waals surface area contributed by atoms with Crippen LogP contribution in [0, 0.1) is 23.1 Å². The number of hydrogen-bond acceptors (Lipinski definition) is 6. The minimum absolute atomic E-state index is 0.261. The van der Waals surface area contributed by atoms with Crippen LogP contribution >= 0.6 is 0 Å². The maximum Gasteiger partial charge on any atom is 0.235 e. The number of aryl methyl sites for hydroxylation is 1. The first kappa shape index (κ1) is 25.7. The molecule has 4 saturated heterocycles. The number of fused-ring (bicyclic) bond motifs is 1. The van der Waals surface area contributed by atoms with E-state index in [1.807, 2.05) is 13.1 Å². The van der Waals surface area contributed by atoms with Crippen molar-refractivity contribution in [1.82, 2.24) is 25.3 Å². The first-order valence-corrected chi connectivity index (χ1v) is 14.5. The van der Waals surface area contributed by atoms with Crippen LogP contribution in [-0.4, -0.2) is 72.3 Å². The van der Waals surface area contributed by atoms with Crippen LogP contribution in [-0.2, 0) is 16.6 Å². The third kappa shape index (κ3) is 4.83. The molecule has 5 heterocycles. The number of hydrogen-bond donors (Lipinski definition) is 2. The minimum atomic E-state index is -0.531. The highest BCUT2D eigenvalue weighted by Gasteiger charge is 2.37. The quantitative estimate of drug-likeness (QED) is 0.598. The SMILES string of the molecule is C[C@H]1CN(c2cc3c(cc2F)c(C2CCC(=O)NC2=O)nn3C)CC[C@@H]1CN1CCC2(CCNCC2)CC1. The first-order chi connectivity index (χ1) is 18.3. The van der Waals surface area contributed by atoms with Crippen molar-refractivity contribution in [2.75, 3.05) is 50.7 Å². The van der Waals surface area contributed by atoms with E-state index in [4.69, 9.17) is 0 Å². The summed E-state index contributed by atoms with van der Waals surface area (Å²) in [6.07, 6.45) is 7.07. The number of carbonyl (C=O) groups excluding carboxylic acids is 2. The number of nitrogens with one attached hydrogen (secondary N) is 2. The van der Waals surface area contributed by atoms with Gasteiger partial charge in [-0.05, 0) is 94.1 Å². The summed E-state index contributed by atoms with van der Waals surface area (Å²) in [5, 5.41) is 11.2. The predicted molar refractivity (Wildman–Crippen MR) is 145 cm³/mol. The van der Waals surface area contributed by atoms with Gasteiger partial charge < -0.3 is 15.1 Å². The third-order valence-corrected chi connectivity index (χ3v) is 10.0. The lowest BCUT2D eigenvalue weighted by Crippen LogP contribution is -2.49. The van der Waals surface area contributed by atoms with Crippen LogP contribution in [0.25, 0.3) is 10.9 Å². The number of amides is 2. The smallest absolute Gasteiger partial charge is 0.235 e. The number of halogens is 1. The van der Waals surface area contributed by atoms with E-state index in [2.05, 4.69) is 32.5 Å². The normalized spacial score (nSPS) is 28.7. The topological polar surface area (TPSA) is 82.5 Å². The van der Waals surface area contributed by atoms with Crippen molar-refractivity contribution in [2.45, 2.75) is 57.8 Å². The molecule has 2 aromatic rings. The van der Waals surface area contributed by atoms with Crippen LogP contribution in [0.2, 0.25) is 0 Å². The van der Waals surface area contributed by atoms with Gasteiger partial charge in [-0.3, -0.25) is 19.6 Å². The maximum atomic E-state index is 15.5. The monoisotopic (exact) mass is 524 g/mol. The Morgan fingerprint density at radius 3 is 2.55 bits per heavy atom. The molecule has 3 atom stereocenters. The van der Waals surface area contributed by atoms with Crippen molar-refractivity contribution in [3.8, 4) is 0 Å². The van der Waals surface area contributed by atoms with Crippen molar-refractivity contribution in [1.29, 1.82) is 0 Å². The molecule has 0 radical (unpaired) electrons. The van der Waals surface area contributed by atoms with Gasteiger partial charge in [-0.25, -0.2) is 4.39 Å². The Bertz CT molecular complexity index is 1210. The molecule has 0 saturated carbocycles. The van der Waals surface area contributed by atoms with Gasteiger partial charge in [-0.1, -0.05) is 6.92 Å². The fourth-order valence-corrected chi connectivity index (χ4v) is 7.43. The van der Waals surface area contributed by atoms with Gasteiger partial charge in [0.1, 0.15) is 5.82 Å². The Hall–Kier alpha value is -2.52. The van der Waals surface area contributed by atoms with Gasteiger partial charge in [0.15, 0.2) is 0 Å². The number of carbonyl (C=O) groups is 2. The van der Waals surface area contributed by atoms with E-state index in [-0.39, 0.29) is 24.1 Å². The van der Waals surface area contributed by atoms with Crippen LogP contribution in [0.1, 0.15) is 63.5 Å². The van der Waals surface area contributed by atoms with Crippen molar-refractivity contribution in [2.24, 2.45) is 24.3 Å². The molecule has 6 rings (SSSR count). The lowest BCUT2D eigenvalue weighted by Gasteiger charge is -2.46. The highest BCUT2D eigenvalue weighted by Crippen LogP contribution is 2.40. The maximum absolute atomic E-state index is 15.5. The number of benzene rings is 1. The summed E-state index contributed by atoms with van der Waals surface area (Å²) < 4.78 is 17.3. The number of imide groups is 1. The second kappa shape index (κ2) is 10.2. The number of aromatic nitrogens is 2.